The van der Waals surface area contributed by atoms with E-state index in [1.165, 1.54) is 82.3 Å². The summed E-state index contributed by atoms with van der Waals surface area (Å²) in [6.07, 6.45) is 0.271. The van der Waals surface area contributed by atoms with Crippen LogP contribution < -0.4 is 30.2 Å². The summed E-state index contributed by atoms with van der Waals surface area (Å²) in [4.78, 5) is 55.6. The summed E-state index contributed by atoms with van der Waals surface area (Å²) in [6.45, 7) is -0.500. The summed E-state index contributed by atoms with van der Waals surface area (Å²) in [5.74, 6) is 0.0346. The van der Waals surface area contributed by atoms with Crippen molar-refractivity contribution in [3.8, 4) is 23.0 Å². The lowest BCUT2D eigenvalue weighted by atomic mass is 10.2. The average Bonchev–Trinajstić information content (AvgIpc) is 3.44. The van der Waals surface area contributed by atoms with Crippen LogP contribution in [0.25, 0.3) is 11.2 Å². The quantitative estimate of drug-likeness (QED) is 0.237. The molecular weight excluding hydrogens is 552 g/mol. The normalized spacial score (nSPS) is 11.6. The number of rotatable bonds is 11. The second-order valence-electron chi connectivity index (χ2n) is 9.04. The molecule has 4 rings (SSSR count). The van der Waals surface area contributed by atoms with Gasteiger partial charge in [0.25, 0.3) is 5.56 Å². The Balaban J connectivity index is 1.64. The van der Waals surface area contributed by atoms with Gasteiger partial charge < -0.3 is 33.0 Å². The number of methoxy groups -OCH3 is 4. The number of aromatic nitrogens is 4. The van der Waals surface area contributed by atoms with Crippen LogP contribution in [0.2, 0.25) is 0 Å². The molecule has 222 valence electrons. The molecule has 0 N–H and O–H groups in total. The third kappa shape index (κ3) is 5.77. The van der Waals surface area contributed by atoms with E-state index >= 15 is 0 Å². The summed E-state index contributed by atoms with van der Waals surface area (Å²) in [6, 6.07) is 9.01. The number of benzene rings is 2. The van der Waals surface area contributed by atoms with Crippen molar-refractivity contribution in [1.29, 1.82) is 0 Å². The number of aryl methyl sites for hydroxylation is 1. The summed E-state index contributed by atoms with van der Waals surface area (Å²) in [5, 5.41) is 0. The van der Waals surface area contributed by atoms with Gasteiger partial charge in [0.15, 0.2) is 40.3 Å². The number of carbonyl (C=O) groups excluding carboxylic acids is 2. The van der Waals surface area contributed by atoms with Crippen LogP contribution in [0.5, 0.6) is 23.0 Å². The van der Waals surface area contributed by atoms with Gasteiger partial charge in [-0.1, -0.05) is 0 Å². The Morgan fingerprint density at radius 2 is 1.33 bits per heavy atom. The van der Waals surface area contributed by atoms with Crippen molar-refractivity contribution in [2.75, 3.05) is 35.0 Å². The highest BCUT2D eigenvalue weighted by Crippen LogP contribution is 2.29. The van der Waals surface area contributed by atoms with Crippen molar-refractivity contribution in [3.05, 3.63) is 74.7 Å². The van der Waals surface area contributed by atoms with Crippen LogP contribution in [0.4, 0.5) is 0 Å². The molecule has 2 heterocycles. The van der Waals surface area contributed by atoms with E-state index in [-0.39, 0.29) is 35.4 Å². The number of nitrogens with zero attached hydrogens (tertiary/aromatic N) is 4. The Bertz CT molecular complexity index is 1750. The monoisotopic (exact) mass is 582 g/mol. The standard InChI is InChI=1S/C28H30N4O10/c1-30-24-23(25(33)31(2)28(30)36)32(15-29-24)13-18(42-27(35)17-8-10-20(38-4)22(12-17)40-6)14-41-26(34)16-7-9-19(37-3)21(11-16)39-5/h7-12,15,18H,13-14H2,1-6H3. The first-order valence-electron chi connectivity index (χ1n) is 12.6. The van der Waals surface area contributed by atoms with Gasteiger partial charge in [-0.25, -0.2) is 19.4 Å². The number of hydrogen-bond acceptors (Lipinski definition) is 11. The first-order valence-corrected chi connectivity index (χ1v) is 12.6. The van der Waals surface area contributed by atoms with Gasteiger partial charge in [0, 0.05) is 14.1 Å². The van der Waals surface area contributed by atoms with E-state index in [2.05, 4.69) is 4.98 Å². The molecule has 4 aromatic rings. The van der Waals surface area contributed by atoms with Gasteiger partial charge in [0.2, 0.25) is 0 Å². The zero-order valence-electron chi connectivity index (χ0n) is 23.9. The molecule has 0 bridgehead atoms. The lowest BCUT2D eigenvalue weighted by molar-refractivity contribution is -0.00492. The predicted octanol–water partition coefficient (Wildman–Crippen LogP) is 1.55. The highest BCUT2D eigenvalue weighted by Gasteiger charge is 2.24. The maximum absolute atomic E-state index is 13.2. The van der Waals surface area contributed by atoms with Crippen molar-refractivity contribution in [1.82, 2.24) is 18.7 Å². The zero-order valence-corrected chi connectivity index (χ0v) is 23.9. The molecule has 1 atom stereocenters. The van der Waals surface area contributed by atoms with E-state index in [9.17, 15) is 19.2 Å². The minimum absolute atomic E-state index is 0.109. The fourth-order valence-electron chi connectivity index (χ4n) is 4.28. The highest BCUT2D eigenvalue weighted by molar-refractivity contribution is 5.91. The maximum atomic E-state index is 13.2. The number of esters is 2. The van der Waals surface area contributed by atoms with E-state index in [1.807, 2.05) is 0 Å². The number of carbonyl (C=O) groups is 2. The average molecular weight is 583 g/mol. The molecule has 0 spiro atoms. The van der Waals surface area contributed by atoms with Crippen LogP contribution in [-0.4, -0.2) is 71.8 Å². The fourth-order valence-corrected chi connectivity index (χ4v) is 4.28. The highest BCUT2D eigenvalue weighted by atomic mass is 16.6. The van der Waals surface area contributed by atoms with Crippen molar-refractivity contribution >= 4 is 23.1 Å². The van der Waals surface area contributed by atoms with Crippen molar-refractivity contribution in [2.45, 2.75) is 12.6 Å². The Morgan fingerprint density at radius 1 is 0.786 bits per heavy atom. The molecule has 1 unspecified atom stereocenters. The largest absolute Gasteiger partial charge is 0.493 e. The van der Waals surface area contributed by atoms with E-state index in [0.717, 1.165) is 4.57 Å². The third-order valence-corrected chi connectivity index (χ3v) is 6.53. The summed E-state index contributed by atoms with van der Waals surface area (Å²) < 4.78 is 35.8. The second kappa shape index (κ2) is 12.5. The summed E-state index contributed by atoms with van der Waals surface area (Å²) in [5.41, 5.74) is -0.545. The van der Waals surface area contributed by atoms with Crippen LogP contribution in [0.3, 0.4) is 0 Å². The number of fused-ring (bicyclic) bond motifs is 1. The van der Waals surface area contributed by atoms with Crippen LogP contribution in [0, 0.1) is 0 Å². The van der Waals surface area contributed by atoms with Gasteiger partial charge in [-0.3, -0.25) is 13.9 Å². The summed E-state index contributed by atoms with van der Waals surface area (Å²) >= 11 is 0. The Hall–Kier alpha value is -5.27. The zero-order chi connectivity index (χ0) is 30.6. The Morgan fingerprint density at radius 3 is 1.88 bits per heavy atom. The SMILES string of the molecule is COc1ccc(C(=O)OCC(Cn2cnc3c2c(=O)n(C)c(=O)n3C)OC(=O)c2ccc(OC)c(OC)c2)cc1OC. The van der Waals surface area contributed by atoms with Crippen LogP contribution in [0.15, 0.2) is 52.3 Å². The Labute approximate surface area is 239 Å². The molecule has 0 radical (unpaired) electrons. The smallest absolute Gasteiger partial charge is 0.338 e. The van der Waals surface area contributed by atoms with Crippen LogP contribution >= 0.6 is 0 Å². The van der Waals surface area contributed by atoms with E-state index in [0.29, 0.717) is 23.0 Å². The van der Waals surface area contributed by atoms with E-state index in [1.54, 1.807) is 12.1 Å². The van der Waals surface area contributed by atoms with Gasteiger partial charge in [-0.05, 0) is 36.4 Å². The molecular formula is C28H30N4O10. The first kappa shape index (κ1) is 29.7. The van der Waals surface area contributed by atoms with Crippen molar-refractivity contribution in [3.63, 3.8) is 0 Å². The topological polar surface area (TPSA) is 151 Å². The molecule has 0 aliphatic rings. The number of imidazole rings is 1. The fraction of sp³-hybridized carbons (Fsp3) is 0.321. The molecule has 14 nitrogen and oxygen atoms in total. The molecule has 2 aromatic carbocycles. The molecule has 2 aromatic heterocycles. The van der Waals surface area contributed by atoms with E-state index < -0.39 is 29.3 Å². The lowest BCUT2D eigenvalue weighted by Crippen LogP contribution is -2.38. The second-order valence-corrected chi connectivity index (χ2v) is 9.04. The molecule has 14 heteroatoms. The molecule has 0 amide bonds. The Kier molecular flexibility index (Phi) is 8.84. The maximum Gasteiger partial charge on any atom is 0.338 e. The van der Waals surface area contributed by atoms with E-state index in [4.69, 9.17) is 28.4 Å². The minimum atomic E-state index is -1.07. The molecule has 0 aliphatic carbocycles. The van der Waals surface area contributed by atoms with Gasteiger partial charge in [-0.2, -0.15) is 0 Å². The molecule has 0 aliphatic heterocycles. The predicted molar refractivity (Wildman–Crippen MR) is 149 cm³/mol. The van der Waals surface area contributed by atoms with Gasteiger partial charge in [0.1, 0.15) is 6.61 Å². The van der Waals surface area contributed by atoms with Crippen LogP contribution in [0.1, 0.15) is 20.7 Å². The molecule has 0 saturated heterocycles. The number of hydrogen-bond donors (Lipinski definition) is 0. The number of ether oxygens (including phenoxy) is 6. The lowest BCUT2D eigenvalue weighted by Gasteiger charge is -2.19. The molecule has 0 fully saturated rings. The molecule has 42 heavy (non-hydrogen) atoms. The summed E-state index contributed by atoms with van der Waals surface area (Å²) in [7, 11) is 8.64. The van der Waals surface area contributed by atoms with Crippen LogP contribution in [-0.2, 0) is 30.1 Å². The van der Waals surface area contributed by atoms with Crippen molar-refractivity contribution in [2.24, 2.45) is 14.1 Å². The third-order valence-electron chi connectivity index (χ3n) is 6.53. The van der Waals surface area contributed by atoms with Gasteiger partial charge in [0.05, 0.1) is 52.4 Å². The first-order chi connectivity index (χ1) is 20.1. The van der Waals surface area contributed by atoms with Crippen molar-refractivity contribution < 1.29 is 38.0 Å². The molecule has 0 saturated carbocycles. The minimum Gasteiger partial charge on any atom is -0.493 e. The van der Waals surface area contributed by atoms with Gasteiger partial charge in [-0.15, -0.1) is 0 Å². The van der Waals surface area contributed by atoms with Gasteiger partial charge >= 0.3 is 17.6 Å².